The molecule has 0 saturated heterocycles. The summed E-state index contributed by atoms with van der Waals surface area (Å²) in [6, 6.07) is 5.84. The van der Waals surface area contributed by atoms with Crippen LogP contribution < -0.4 is 5.73 Å². The zero-order chi connectivity index (χ0) is 15.0. The van der Waals surface area contributed by atoms with Gasteiger partial charge in [-0.05, 0) is 37.5 Å². The average molecular weight is 284 g/mol. The molecule has 1 aromatic carbocycles. The number of rotatable bonds is 4. The second-order valence-corrected chi connectivity index (χ2v) is 5.64. The molecular weight excluding hydrogens is 264 g/mol. The van der Waals surface area contributed by atoms with Crippen molar-refractivity contribution >= 4 is 11.6 Å². The Morgan fingerprint density at radius 1 is 1.48 bits per heavy atom. The van der Waals surface area contributed by atoms with Gasteiger partial charge in [0.05, 0.1) is 6.54 Å². The maximum Gasteiger partial charge on any atom is 0.254 e. The molecule has 0 aliphatic heterocycles. The van der Waals surface area contributed by atoms with Crippen LogP contribution in [-0.4, -0.2) is 26.4 Å². The highest BCUT2D eigenvalue weighted by atomic mass is 16.2. The third-order valence-electron chi connectivity index (χ3n) is 4.09. The van der Waals surface area contributed by atoms with Crippen LogP contribution in [-0.2, 0) is 13.6 Å². The number of hydrogen-bond acceptors (Lipinski definition) is 3. The summed E-state index contributed by atoms with van der Waals surface area (Å²) in [5, 5.41) is 0. The van der Waals surface area contributed by atoms with E-state index in [-0.39, 0.29) is 5.91 Å². The van der Waals surface area contributed by atoms with Crippen LogP contribution in [0.2, 0.25) is 0 Å². The van der Waals surface area contributed by atoms with Crippen molar-refractivity contribution in [3.8, 4) is 0 Å². The lowest BCUT2D eigenvalue weighted by Crippen LogP contribution is -2.34. The van der Waals surface area contributed by atoms with Gasteiger partial charge >= 0.3 is 0 Å². The molecule has 0 bridgehead atoms. The van der Waals surface area contributed by atoms with Crippen LogP contribution in [0.5, 0.6) is 0 Å². The molecule has 1 aromatic heterocycles. The highest BCUT2D eigenvalue weighted by Crippen LogP contribution is 2.30. The molecule has 5 nitrogen and oxygen atoms in total. The van der Waals surface area contributed by atoms with E-state index in [1.54, 1.807) is 6.20 Å². The minimum absolute atomic E-state index is 0.0466. The van der Waals surface area contributed by atoms with Crippen LogP contribution in [0, 0.1) is 6.92 Å². The first-order chi connectivity index (χ1) is 10.1. The Hall–Kier alpha value is -2.30. The molecule has 0 spiro atoms. The number of carbonyl (C=O) groups is 1. The fraction of sp³-hybridized carbons (Fsp3) is 0.375. The quantitative estimate of drug-likeness (QED) is 0.875. The van der Waals surface area contributed by atoms with Crippen LogP contribution in [0.1, 0.15) is 34.6 Å². The number of amides is 1. The molecule has 1 fully saturated rings. The predicted molar refractivity (Wildman–Crippen MR) is 81.7 cm³/mol. The maximum atomic E-state index is 12.9. The summed E-state index contributed by atoms with van der Waals surface area (Å²) in [6.07, 6.45) is 5.79. The van der Waals surface area contributed by atoms with Crippen molar-refractivity contribution in [2.45, 2.75) is 32.4 Å². The van der Waals surface area contributed by atoms with Crippen LogP contribution >= 0.6 is 0 Å². The molecular formula is C16H20N4O. The Labute approximate surface area is 124 Å². The number of aryl methyl sites for hydroxylation is 1. The Morgan fingerprint density at radius 3 is 2.86 bits per heavy atom. The Bertz CT molecular complexity index is 673. The van der Waals surface area contributed by atoms with E-state index in [0.29, 0.717) is 23.8 Å². The molecule has 1 amide bonds. The summed E-state index contributed by atoms with van der Waals surface area (Å²) >= 11 is 0. The van der Waals surface area contributed by atoms with Gasteiger partial charge in [-0.15, -0.1) is 0 Å². The lowest BCUT2D eigenvalue weighted by atomic mass is 10.1. The van der Waals surface area contributed by atoms with Crippen LogP contribution in [0.15, 0.2) is 30.6 Å². The number of nitrogen functional groups attached to an aromatic ring is 1. The van der Waals surface area contributed by atoms with Crippen molar-refractivity contribution in [3.63, 3.8) is 0 Å². The molecule has 1 aliphatic rings. The van der Waals surface area contributed by atoms with Crippen molar-refractivity contribution in [2.75, 3.05) is 5.73 Å². The lowest BCUT2D eigenvalue weighted by molar-refractivity contribution is 0.0723. The first-order valence-electron chi connectivity index (χ1n) is 7.20. The smallest absolute Gasteiger partial charge is 0.254 e. The number of anilines is 1. The fourth-order valence-electron chi connectivity index (χ4n) is 2.49. The van der Waals surface area contributed by atoms with Gasteiger partial charge in [0.25, 0.3) is 5.91 Å². The second-order valence-electron chi connectivity index (χ2n) is 5.64. The summed E-state index contributed by atoms with van der Waals surface area (Å²) in [7, 11) is 1.95. The summed E-state index contributed by atoms with van der Waals surface area (Å²) < 4.78 is 1.95. The molecule has 1 heterocycles. The number of nitrogens with zero attached hydrogens (tertiary/aromatic N) is 3. The van der Waals surface area contributed by atoms with Gasteiger partial charge in [-0.25, -0.2) is 4.98 Å². The van der Waals surface area contributed by atoms with Crippen molar-refractivity contribution in [2.24, 2.45) is 7.05 Å². The molecule has 0 atom stereocenters. The fourth-order valence-corrected chi connectivity index (χ4v) is 2.49. The summed E-state index contributed by atoms with van der Waals surface area (Å²) in [4.78, 5) is 19.1. The normalized spacial score (nSPS) is 14.2. The molecule has 2 aromatic rings. The molecule has 3 rings (SSSR count). The van der Waals surface area contributed by atoms with Gasteiger partial charge < -0.3 is 15.2 Å². The van der Waals surface area contributed by atoms with Gasteiger partial charge in [-0.2, -0.15) is 0 Å². The van der Waals surface area contributed by atoms with Crippen molar-refractivity contribution in [1.82, 2.24) is 14.5 Å². The van der Waals surface area contributed by atoms with E-state index in [2.05, 4.69) is 4.98 Å². The third kappa shape index (κ3) is 2.63. The predicted octanol–water partition coefficient (Wildman–Crippen LogP) is 2.12. The summed E-state index contributed by atoms with van der Waals surface area (Å²) in [5.74, 6) is 0.946. The standard InChI is InChI=1S/C16H20N4O/c1-11-13(4-3-5-14(11)17)16(21)20(12-6-7-12)10-15-18-8-9-19(15)2/h3-5,8-9,12H,6-7,10,17H2,1-2H3. The number of benzene rings is 1. The van der Waals surface area contributed by atoms with Crippen LogP contribution in [0.4, 0.5) is 5.69 Å². The molecule has 0 radical (unpaired) electrons. The minimum atomic E-state index is 0.0466. The van der Waals surface area contributed by atoms with E-state index < -0.39 is 0 Å². The number of nitrogens with two attached hydrogens (primary N) is 1. The van der Waals surface area contributed by atoms with Crippen molar-refractivity contribution in [3.05, 3.63) is 47.5 Å². The maximum absolute atomic E-state index is 12.9. The first-order valence-corrected chi connectivity index (χ1v) is 7.20. The van der Waals surface area contributed by atoms with Gasteiger partial charge in [0.15, 0.2) is 0 Å². The Balaban J connectivity index is 1.89. The van der Waals surface area contributed by atoms with Gasteiger partial charge in [0.2, 0.25) is 0 Å². The Morgan fingerprint density at radius 2 is 2.24 bits per heavy atom. The molecule has 5 heteroatoms. The van der Waals surface area contributed by atoms with Gasteiger partial charge in [0.1, 0.15) is 5.82 Å². The van der Waals surface area contributed by atoms with Gasteiger partial charge in [-0.3, -0.25) is 4.79 Å². The zero-order valence-electron chi connectivity index (χ0n) is 12.4. The van der Waals surface area contributed by atoms with E-state index in [9.17, 15) is 4.79 Å². The Kier molecular flexibility index (Phi) is 3.41. The van der Waals surface area contributed by atoms with E-state index in [1.807, 2.05) is 47.8 Å². The number of hydrogen-bond donors (Lipinski definition) is 1. The van der Waals surface area contributed by atoms with Gasteiger partial charge in [0, 0.05) is 36.7 Å². The number of imidazole rings is 1. The van der Waals surface area contributed by atoms with Crippen molar-refractivity contribution < 1.29 is 4.79 Å². The molecule has 21 heavy (non-hydrogen) atoms. The topological polar surface area (TPSA) is 64.2 Å². The monoisotopic (exact) mass is 284 g/mol. The largest absolute Gasteiger partial charge is 0.398 e. The average Bonchev–Trinajstić information content (AvgIpc) is 3.22. The van der Waals surface area contributed by atoms with E-state index >= 15 is 0 Å². The lowest BCUT2D eigenvalue weighted by Gasteiger charge is -2.23. The SMILES string of the molecule is Cc1c(N)cccc1C(=O)N(Cc1nccn1C)C1CC1. The van der Waals surface area contributed by atoms with E-state index in [4.69, 9.17) is 5.73 Å². The summed E-state index contributed by atoms with van der Waals surface area (Å²) in [5.41, 5.74) is 8.13. The minimum Gasteiger partial charge on any atom is -0.398 e. The van der Waals surface area contributed by atoms with Gasteiger partial charge in [-0.1, -0.05) is 6.07 Å². The third-order valence-corrected chi connectivity index (χ3v) is 4.09. The second kappa shape index (κ2) is 5.24. The highest BCUT2D eigenvalue weighted by molar-refractivity contribution is 5.97. The molecule has 1 aliphatic carbocycles. The summed E-state index contributed by atoms with van der Waals surface area (Å²) in [6.45, 7) is 2.44. The van der Waals surface area contributed by atoms with Crippen LogP contribution in [0.25, 0.3) is 0 Å². The number of carbonyl (C=O) groups excluding carboxylic acids is 1. The molecule has 110 valence electrons. The van der Waals surface area contributed by atoms with Crippen molar-refractivity contribution in [1.29, 1.82) is 0 Å². The van der Waals surface area contributed by atoms with E-state index in [1.165, 1.54) is 0 Å². The molecule has 0 unspecified atom stereocenters. The number of aromatic nitrogens is 2. The van der Waals surface area contributed by atoms with Crippen LogP contribution in [0.3, 0.4) is 0 Å². The zero-order valence-corrected chi connectivity index (χ0v) is 12.4. The molecule has 1 saturated carbocycles. The first kappa shape index (κ1) is 13.7. The highest BCUT2D eigenvalue weighted by Gasteiger charge is 2.34. The van der Waals surface area contributed by atoms with E-state index in [0.717, 1.165) is 24.2 Å². The molecule has 2 N–H and O–H groups in total.